The lowest BCUT2D eigenvalue weighted by Crippen LogP contribution is -2.46. The Balaban J connectivity index is 2.21. The molecule has 0 aliphatic carbocycles. The molecule has 0 saturated carbocycles. The molecule has 0 spiro atoms. The lowest BCUT2D eigenvalue weighted by atomic mass is 9.85. The Hall–Kier alpha value is -1.35. The third-order valence-electron chi connectivity index (χ3n) is 4.30. The fraction of sp³-hybridized carbons (Fsp3) is 0.588. The minimum absolute atomic E-state index is 0.0474. The molecular formula is C17H26N2O. The lowest BCUT2D eigenvalue weighted by molar-refractivity contribution is -0.120. The zero-order valence-corrected chi connectivity index (χ0v) is 13.0. The number of fused-ring (bicyclic) bond motifs is 1. The predicted molar refractivity (Wildman–Crippen MR) is 83.8 cm³/mol. The average Bonchev–Trinajstić information content (AvgIpc) is 2.37. The molecule has 2 N–H and O–H groups in total. The first-order chi connectivity index (χ1) is 9.30. The van der Waals surface area contributed by atoms with Gasteiger partial charge in [-0.25, -0.2) is 0 Å². The number of aryl methyl sites for hydroxylation is 1. The van der Waals surface area contributed by atoms with Crippen molar-refractivity contribution >= 4 is 11.6 Å². The van der Waals surface area contributed by atoms with E-state index in [9.17, 15) is 4.79 Å². The van der Waals surface area contributed by atoms with Crippen molar-refractivity contribution in [1.82, 2.24) is 0 Å². The van der Waals surface area contributed by atoms with E-state index in [-0.39, 0.29) is 23.4 Å². The number of hydrogen-bond donors (Lipinski definition) is 1. The van der Waals surface area contributed by atoms with Gasteiger partial charge in [-0.3, -0.25) is 4.79 Å². The van der Waals surface area contributed by atoms with Crippen molar-refractivity contribution in [2.45, 2.75) is 59.0 Å². The molecule has 1 aliphatic heterocycles. The van der Waals surface area contributed by atoms with E-state index in [4.69, 9.17) is 5.73 Å². The van der Waals surface area contributed by atoms with Crippen LogP contribution < -0.4 is 10.6 Å². The van der Waals surface area contributed by atoms with Crippen LogP contribution in [0.5, 0.6) is 0 Å². The summed E-state index contributed by atoms with van der Waals surface area (Å²) < 4.78 is 0. The van der Waals surface area contributed by atoms with Crippen molar-refractivity contribution in [3.05, 3.63) is 29.8 Å². The maximum atomic E-state index is 12.7. The number of amides is 1. The molecule has 1 aromatic rings. The van der Waals surface area contributed by atoms with Crippen LogP contribution in [0.1, 0.15) is 46.1 Å². The Bertz CT molecular complexity index is 490. The molecule has 0 radical (unpaired) electrons. The maximum absolute atomic E-state index is 12.7. The fourth-order valence-corrected chi connectivity index (χ4v) is 2.66. The summed E-state index contributed by atoms with van der Waals surface area (Å²) in [4.78, 5) is 14.6. The zero-order valence-electron chi connectivity index (χ0n) is 13.0. The van der Waals surface area contributed by atoms with E-state index in [1.165, 1.54) is 5.56 Å². The highest BCUT2D eigenvalue weighted by atomic mass is 16.2. The summed E-state index contributed by atoms with van der Waals surface area (Å²) in [6.45, 7) is 8.37. The average molecular weight is 274 g/mol. The normalized spacial score (nSPS) is 20.4. The first-order valence-corrected chi connectivity index (χ1v) is 7.46. The number of nitrogens with zero attached hydrogens (tertiary/aromatic N) is 1. The summed E-state index contributed by atoms with van der Waals surface area (Å²) in [5, 5.41) is 0. The SMILES string of the molecule is CC1CCc2ccccc2N1C(=O)CC(N)C(C)(C)C. The number of nitrogens with two attached hydrogens (primary N) is 1. The standard InChI is InChI=1S/C17H26N2O/c1-12-9-10-13-7-5-6-8-14(13)19(12)16(20)11-15(18)17(2,3)4/h5-8,12,15H,9-11,18H2,1-4H3. The molecule has 2 rings (SSSR count). The Morgan fingerprint density at radius 1 is 1.40 bits per heavy atom. The number of benzene rings is 1. The molecule has 1 heterocycles. The highest BCUT2D eigenvalue weighted by Gasteiger charge is 2.31. The third-order valence-corrected chi connectivity index (χ3v) is 4.30. The topological polar surface area (TPSA) is 46.3 Å². The summed E-state index contributed by atoms with van der Waals surface area (Å²) in [6.07, 6.45) is 2.47. The van der Waals surface area contributed by atoms with Crippen molar-refractivity contribution in [2.75, 3.05) is 4.90 Å². The van der Waals surface area contributed by atoms with Gasteiger partial charge < -0.3 is 10.6 Å². The van der Waals surface area contributed by atoms with Gasteiger partial charge >= 0.3 is 0 Å². The highest BCUT2D eigenvalue weighted by molar-refractivity contribution is 5.95. The Kier molecular flexibility index (Phi) is 4.19. The number of carbonyl (C=O) groups excluding carboxylic acids is 1. The maximum Gasteiger partial charge on any atom is 0.228 e. The van der Waals surface area contributed by atoms with Gasteiger partial charge in [-0.1, -0.05) is 39.0 Å². The van der Waals surface area contributed by atoms with Gasteiger partial charge in [0.2, 0.25) is 5.91 Å². The quantitative estimate of drug-likeness (QED) is 0.900. The van der Waals surface area contributed by atoms with Crippen LogP contribution in [0.25, 0.3) is 0 Å². The van der Waals surface area contributed by atoms with Crippen LogP contribution in [0.15, 0.2) is 24.3 Å². The van der Waals surface area contributed by atoms with Crippen molar-refractivity contribution in [1.29, 1.82) is 0 Å². The molecule has 3 heteroatoms. The summed E-state index contributed by atoms with van der Waals surface area (Å²) >= 11 is 0. The fourth-order valence-electron chi connectivity index (χ4n) is 2.66. The van der Waals surface area contributed by atoms with Crippen molar-refractivity contribution < 1.29 is 4.79 Å². The van der Waals surface area contributed by atoms with Gasteiger partial charge in [-0.15, -0.1) is 0 Å². The van der Waals surface area contributed by atoms with Crippen LogP contribution in [0.4, 0.5) is 5.69 Å². The lowest BCUT2D eigenvalue weighted by Gasteiger charge is -2.37. The van der Waals surface area contributed by atoms with Crippen molar-refractivity contribution in [3.63, 3.8) is 0 Å². The molecule has 20 heavy (non-hydrogen) atoms. The Morgan fingerprint density at radius 3 is 2.70 bits per heavy atom. The second kappa shape index (κ2) is 5.57. The van der Waals surface area contributed by atoms with Gasteiger partial charge in [0.1, 0.15) is 0 Å². The van der Waals surface area contributed by atoms with E-state index >= 15 is 0 Å². The van der Waals surface area contributed by atoms with Gasteiger partial charge in [0.25, 0.3) is 0 Å². The van der Waals surface area contributed by atoms with Gasteiger partial charge in [-0.2, -0.15) is 0 Å². The van der Waals surface area contributed by atoms with E-state index in [0.29, 0.717) is 6.42 Å². The smallest absolute Gasteiger partial charge is 0.228 e. The molecule has 2 unspecified atom stereocenters. The molecular weight excluding hydrogens is 248 g/mol. The minimum atomic E-state index is -0.115. The largest absolute Gasteiger partial charge is 0.327 e. The van der Waals surface area contributed by atoms with Crippen molar-refractivity contribution in [3.8, 4) is 0 Å². The van der Waals surface area contributed by atoms with Crippen LogP contribution in [-0.4, -0.2) is 18.0 Å². The molecule has 1 aliphatic rings. The molecule has 1 aromatic carbocycles. The molecule has 0 fully saturated rings. The second-order valence-corrected chi connectivity index (χ2v) is 6.96. The van der Waals surface area contributed by atoms with Gasteiger partial charge in [0.15, 0.2) is 0 Å². The van der Waals surface area contributed by atoms with Gasteiger partial charge in [-0.05, 0) is 36.8 Å². The monoisotopic (exact) mass is 274 g/mol. The first kappa shape index (κ1) is 15.0. The first-order valence-electron chi connectivity index (χ1n) is 7.46. The van der Waals surface area contributed by atoms with E-state index in [1.54, 1.807) is 0 Å². The molecule has 1 amide bonds. The van der Waals surface area contributed by atoms with Crippen LogP contribution >= 0.6 is 0 Å². The van der Waals surface area contributed by atoms with E-state index in [2.05, 4.69) is 33.8 Å². The van der Waals surface area contributed by atoms with Crippen LogP contribution in [0.2, 0.25) is 0 Å². The molecule has 110 valence electrons. The third kappa shape index (κ3) is 3.04. The van der Waals surface area contributed by atoms with Gasteiger partial charge in [0, 0.05) is 24.2 Å². The summed E-state index contributed by atoms with van der Waals surface area (Å²) in [6, 6.07) is 8.34. The van der Waals surface area contributed by atoms with Crippen molar-refractivity contribution in [2.24, 2.45) is 11.1 Å². The summed E-state index contributed by atoms with van der Waals surface area (Å²) in [7, 11) is 0. The summed E-state index contributed by atoms with van der Waals surface area (Å²) in [5.41, 5.74) is 8.46. The predicted octanol–water partition coefficient (Wildman–Crippen LogP) is 3.12. The highest BCUT2D eigenvalue weighted by Crippen LogP contribution is 2.32. The number of rotatable bonds is 2. The molecule has 0 saturated heterocycles. The van der Waals surface area contributed by atoms with Crippen LogP contribution in [0.3, 0.4) is 0 Å². The molecule has 0 bridgehead atoms. The molecule has 2 atom stereocenters. The second-order valence-electron chi connectivity index (χ2n) is 6.96. The zero-order chi connectivity index (χ0) is 14.9. The van der Waals surface area contributed by atoms with Crippen LogP contribution in [0, 0.1) is 5.41 Å². The van der Waals surface area contributed by atoms with Gasteiger partial charge in [0.05, 0.1) is 0 Å². The number of para-hydroxylation sites is 1. The van der Waals surface area contributed by atoms with Crippen LogP contribution in [-0.2, 0) is 11.2 Å². The molecule has 3 nitrogen and oxygen atoms in total. The minimum Gasteiger partial charge on any atom is -0.327 e. The van der Waals surface area contributed by atoms with E-state index < -0.39 is 0 Å². The van der Waals surface area contributed by atoms with E-state index in [0.717, 1.165) is 18.5 Å². The van der Waals surface area contributed by atoms with E-state index in [1.807, 2.05) is 23.1 Å². The number of hydrogen-bond acceptors (Lipinski definition) is 2. The molecule has 0 aromatic heterocycles. The number of anilines is 1. The summed E-state index contributed by atoms with van der Waals surface area (Å²) in [5.74, 6) is 0.145. The number of carbonyl (C=O) groups is 1. The Labute approximate surface area is 122 Å². The Morgan fingerprint density at radius 2 is 2.05 bits per heavy atom.